The number of benzene rings is 1. The molecule has 0 atom stereocenters. The summed E-state index contributed by atoms with van der Waals surface area (Å²) in [7, 11) is 0. The van der Waals surface area contributed by atoms with Gasteiger partial charge in [0.05, 0.1) is 0 Å². The fraction of sp³-hybridized carbons (Fsp3) is 0.625. The minimum Gasteiger partial charge on any atom is -0.508 e. The van der Waals surface area contributed by atoms with Gasteiger partial charge in [-0.15, -0.1) is 0 Å². The highest BCUT2D eigenvalue weighted by molar-refractivity contribution is 5.40. The van der Waals surface area contributed by atoms with Crippen LogP contribution in [0.25, 0.3) is 0 Å². The highest BCUT2D eigenvalue weighted by atomic mass is 16.3. The van der Waals surface area contributed by atoms with E-state index in [9.17, 15) is 5.11 Å². The lowest BCUT2D eigenvalue weighted by atomic mass is 9.48. The largest absolute Gasteiger partial charge is 0.508 e. The normalized spacial score (nSPS) is 42.9. The average molecular weight is 227 g/mol. The van der Waals surface area contributed by atoms with Gasteiger partial charge in [0, 0.05) is 5.56 Å². The van der Waals surface area contributed by atoms with Crippen LogP contribution in [0.15, 0.2) is 18.2 Å². The Morgan fingerprint density at radius 3 is 2.18 bits per heavy atom. The molecule has 1 N–H and O–H groups in total. The summed E-state index contributed by atoms with van der Waals surface area (Å²) < 4.78 is 0. The molecule has 5 rings (SSSR count). The highest BCUT2D eigenvalue weighted by Gasteiger charge is 2.52. The van der Waals surface area contributed by atoms with Gasteiger partial charge in [0.2, 0.25) is 0 Å². The molecule has 1 heteroatoms. The summed E-state index contributed by atoms with van der Waals surface area (Å²) in [5, 5.41) is 10.1. The quantitative estimate of drug-likeness (QED) is 0.776. The van der Waals surface area contributed by atoms with Crippen LogP contribution < -0.4 is 0 Å². The highest BCUT2D eigenvalue weighted by Crippen LogP contribution is 2.61. The van der Waals surface area contributed by atoms with Crippen LogP contribution in [0.5, 0.6) is 5.75 Å². The van der Waals surface area contributed by atoms with Gasteiger partial charge < -0.3 is 5.11 Å². The minimum atomic E-state index is 0.313. The zero-order chi connectivity index (χ0) is 11.5. The van der Waals surface area contributed by atoms with Gasteiger partial charge in [-0.2, -0.15) is 0 Å². The first-order valence-electron chi connectivity index (χ1n) is 6.95. The monoisotopic (exact) mass is 227 g/mol. The number of phenols is 1. The van der Waals surface area contributed by atoms with Crippen molar-refractivity contribution in [3.8, 4) is 5.75 Å². The molecular formula is C16H19O. The molecule has 0 heterocycles. The van der Waals surface area contributed by atoms with Crippen LogP contribution in [-0.2, 0) is 5.41 Å². The second kappa shape index (κ2) is 3.28. The predicted octanol–water partition coefficient (Wildman–Crippen LogP) is 3.66. The van der Waals surface area contributed by atoms with Crippen molar-refractivity contribution in [1.29, 1.82) is 0 Å². The molecule has 1 aromatic rings. The minimum absolute atomic E-state index is 0.313. The van der Waals surface area contributed by atoms with Crippen molar-refractivity contribution >= 4 is 0 Å². The van der Waals surface area contributed by atoms with E-state index in [1.807, 2.05) is 6.07 Å². The molecule has 0 amide bonds. The zero-order valence-corrected chi connectivity index (χ0v) is 10.2. The summed E-state index contributed by atoms with van der Waals surface area (Å²) in [5.74, 6) is 3.29. The van der Waals surface area contributed by atoms with Crippen molar-refractivity contribution in [1.82, 2.24) is 0 Å². The van der Waals surface area contributed by atoms with Gasteiger partial charge >= 0.3 is 0 Å². The van der Waals surface area contributed by atoms with Gasteiger partial charge in [0.25, 0.3) is 0 Å². The Hall–Kier alpha value is -0.980. The van der Waals surface area contributed by atoms with E-state index in [-0.39, 0.29) is 0 Å². The number of hydrogen-bond acceptors (Lipinski definition) is 1. The fourth-order valence-electron chi connectivity index (χ4n) is 5.31. The van der Waals surface area contributed by atoms with Gasteiger partial charge in [0.15, 0.2) is 0 Å². The molecule has 1 aromatic carbocycles. The molecule has 0 spiro atoms. The standard InChI is InChI=1S/C16H19O/c17-15-4-2-1-3-14(15)16-8-11-5-12(9-16)7-13(6-11)10-16/h1,3-4,11-13,17H,5-10H2. The van der Waals surface area contributed by atoms with Crippen LogP contribution in [0.2, 0.25) is 0 Å². The van der Waals surface area contributed by atoms with E-state index in [0.717, 1.165) is 17.8 Å². The predicted molar refractivity (Wildman–Crippen MR) is 66.8 cm³/mol. The van der Waals surface area contributed by atoms with Gasteiger partial charge in [-0.25, -0.2) is 0 Å². The van der Waals surface area contributed by atoms with Gasteiger partial charge in [-0.3, -0.25) is 0 Å². The molecule has 0 aliphatic heterocycles. The molecule has 4 bridgehead atoms. The third-order valence-electron chi connectivity index (χ3n) is 5.45. The number of aromatic hydroxyl groups is 1. The third-order valence-corrected chi connectivity index (χ3v) is 5.45. The molecular weight excluding hydrogens is 208 g/mol. The topological polar surface area (TPSA) is 20.2 Å². The first-order chi connectivity index (χ1) is 8.25. The first kappa shape index (κ1) is 9.99. The van der Waals surface area contributed by atoms with Crippen molar-refractivity contribution in [3.63, 3.8) is 0 Å². The van der Waals surface area contributed by atoms with E-state index in [1.54, 1.807) is 6.07 Å². The lowest BCUT2D eigenvalue weighted by molar-refractivity contribution is -0.00613. The maximum Gasteiger partial charge on any atom is 0.119 e. The molecule has 1 radical (unpaired) electrons. The Morgan fingerprint density at radius 1 is 1.06 bits per heavy atom. The van der Waals surface area contributed by atoms with Crippen molar-refractivity contribution in [2.45, 2.75) is 43.9 Å². The average Bonchev–Trinajstić information content (AvgIpc) is 2.27. The first-order valence-corrected chi connectivity index (χ1v) is 6.95. The van der Waals surface area contributed by atoms with Crippen LogP contribution in [-0.4, -0.2) is 5.11 Å². The van der Waals surface area contributed by atoms with Gasteiger partial charge in [-0.1, -0.05) is 12.1 Å². The van der Waals surface area contributed by atoms with Crippen LogP contribution >= 0.6 is 0 Å². The zero-order valence-electron chi connectivity index (χ0n) is 10.2. The number of rotatable bonds is 1. The van der Waals surface area contributed by atoms with Crippen LogP contribution in [0, 0.1) is 23.8 Å². The maximum absolute atomic E-state index is 10.1. The van der Waals surface area contributed by atoms with Gasteiger partial charge in [-0.05, 0) is 73.8 Å². The van der Waals surface area contributed by atoms with Crippen molar-refractivity contribution in [2.75, 3.05) is 0 Å². The SMILES string of the molecule is Oc1c[c]ccc1C12CC3CC(CC(C3)C1)C2. The van der Waals surface area contributed by atoms with Crippen molar-refractivity contribution in [2.24, 2.45) is 17.8 Å². The summed E-state index contributed by atoms with van der Waals surface area (Å²) in [6, 6.07) is 8.81. The number of hydrogen-bond donors (Lipinski definition) is 1. The Morgan fingerprint density at radius 2 is 1.65 bits per heavy atom. The molecule has 4 aliphatic rings. The molecule has 4 aliphatic carbocycles. The molecule has 17 heavy (non-hydrogen) atoms. The number of phenolic OH excluding ortho intramolecular Hbond substituents is 1. The molecule has 0 unspecified atom stereocenters. The lowest BCUT2D eigenvalue weighted by Gasteiger charge is -2.57. The van der Waals surface area contributed by atoms with Crippen LogP contribution in [0.4, 0.5) is 0 Å². The summed E-state index contributed by atoms with van der Waals surface area (Å²) in [4.78, 5) is 0. The molecule has 0 saturated heterocycles. The van der Waals surface area contributed by atoms with Crippen molar-refractivity contribution < 1.29 is 5.11 Å². The molecule has 4 fully saturated rings. The molecule has 4 saturated carbocycles. The molecule has 0 aromatic heterocycles. The van der Waals surface area contributed by atoms with E-state index in [1.165, 1.54) is 44.1 Å². The summed E-state index contributed by atoms with van der Waals surface area (Å²) in [5.41, 5.74) is 1.53. The van der Waals surface area contributed by atoms with Gasteiger partial charge in [0.1, 0.15) is 5.75 Å². The summed E-state index contributed by atoms with van der Waals surface area (Å²) in [6.45, 7) is 0. The smallest absolute Gasteiger partial charge is 0.119 e. The second-order valence-electron chi connectivity index (χ2n) is 6.64. The van der Waals surface area contributed by atoms with E-state index in [2.05, 4.69) is 12.1 Å². The van der Waals surface area contributed by atoms with E-state index in [4.69, 9.17) is 0 Å². The fourth-order valence-corrected chi connectivity index (χ4v) is 5.31. The second-order valence-corrected chi connectivity index (χ2v) is 6.64. The Kier molecular flexibility index (Phi) is 1.93. The molecule has 1 nitrogen and oxygen atoms in total. The molecule has 89 valence electrons. The van der Waals surface area contributed by atoms with Crippen LogP contribution in [0.3, 0.4) is 0 Å². The Bertz CT molecular complexity index is 413. The lowest BCUT2D eigenvalue weighted by Crippen LogP contribution is -2.48. The van der Waals surface area contributed by atoms with E-state index in [0.29, 0.717) is 11.2 Å². The third kappa shape index (κ3) is 1.38. The summed E-state index contributed by atoms with van der Waals surface area (Å²) in [6.07, 6.45) is 8.32. The summed E-state index contributed by atoms with van der Waals surface area (Å²) >= 11 is 0. The van der Waals surface area contributed by atoms with E-state index < -0.39 is 0 Å². The maximum atomic E-state index is 10.1. The van der Waals surface area contributed by atoms with E-state index >= 15 is 0 Å². The Labute approximate surface area is 103 Å². The van der Waals surface area contributed by atoms with Crippen LogP contribution in [0.1, 0.15) is 44.1 Å². The Balaban J connectivity index is 1.80. The van der Waals surface area contributed by atoms with Crippen molar-refractivity contribution in [3.05, 3.63) is 29.8 Å².